The number of nitrogens with one attached hydrogen (secondary N) is 1. The van der Waals surface area contributed by atoms with E-state index in [0.717, 1.165) is 24.2 Å². The average Bonchev–Trinajstić information content (AvgIpc) is 3.38. The van der Waals surface area contributed by atoms with Crippen molar-refractivity contribution in [2.24, 2.45) is 0 Å². The van der Waals surface area contributed by atoms with Gasteiger partial charge in [-0.3, -0.25) is 14.9 Å². The molecule has 1 N–H and O–H groups in total. The van der Waals surface area contributed by atoms with Gasteiger partial charge < -0.3 is 19.4 Å². The smallest absolute Gasteiger partial charge is 0.294 e. The van der Waals surface area contributed by atoms with E-state index in [4.69, 9.17) is 9.47 Å². The highest BCUT2D eigenvalue weighted by molar-refractivity contribution is 5.95. The first-order chi connectivity index (χ1) is 16.0. The molecule has 9 heteroatoms. The molecule has 1 aromatic heterocycles. The number of rotatable bonds is 8. The summed E-state index contributed by atoms with van der Waals surface area (Å²) in [4.78, 5) is 28.0. The normalized spacial score (nSPS) is 15.1. The number of ether oxygens (including phenoxy) is 2. The lowest BCUT2D eigenvalue weighted by Gasteiger charge is -2.38. The first-order valence-electron chi connectivity index (χ1n) is 10.9. The van der Waals surface area contributed by atoms with Crippen LogP contribution in [0.4, 0.5) is 5.69 Å². The van der Waals surface area contributed by atoms with Gasteiger partial charge in [0.15, 0.2) is 0 Å². The standard InChI is InChI=1S/C24H26N4O5/c1-2-33-20-6-4-19(5-7-20)24(9-13-32-14-10-24)16-26-23(29)18-3-8-21(22(15-18)28(30)31)27-12-11-25-17-27/h3-8,11-12,15,17H,2,9-10,13-14,16H2,1H3,(H,26,29). The maximum atomic E-state index is 13.0. The summed E-state index contributed by atoms with van der Waals surface area (Å²) in [6.07, 6.45) is 6.17. The van der Waals surface area contributed by atoms with Crippen LogP contribution in [0.25, 0.3) is 5.69 Å². The van der Waals surface area contributed by atoms with Crippen LogP contribution in [-0.2, 0) is 10.2 Å². The zero-order valence-corrected chi connectivity index (χ0v) is 18.4. The third kappa shape index (κ3) is 4.88. The van der Waals surface area contributed by atoms with Gasteiger partial charge in [0.25, 0.3) is 11.6 Å². The van der Waals surface area contributed by atoms with E-state index < -0.39 is 4.92 Å². The Bertz CT molecular complexity index is 1110. The van der Waals surface area contributed by atoms with Crippen LogP contribution in [0.15, 0.2) is 61.2 Å². The molecule has 1 saturated heterocycles. The Morgan fingerprint density at radius 2 is 2.00 bits per heavy atom. The molecule has 1 fully saturated rings. The van der Waals surface area contributed by atoms with Crippen molar-refractivity contribution < 1.29 is 19.2 Å². The van der Waals surface area contributed by atoms with Gasteiger partial charge in [-0.05, 0) is 49.6 Å². The fourth-order valence-electron chi connectivity index (χ4n) is 4.18. The number of imidazole rings is 1. The van der Waals surface area contributed by atoms with E-state index in [-0.39, 0.29) is 22.6 Å². The van der Waals surface area contributed by atoms with Gasteiger partial charge in [-0.2, -0.15) is 0 Å². The summed E-state index contributed by atoms with van der Waals surface area (Å²) < 4.78 is 12.7. The van der Waals surface area contributed by atoms with Crippen molar-refractivity contribution >= 4 is 11.6 Å². The van der Waals surface area contributed by atoms with Crippen molar-refractivity contribution in [3.63, 3.8) is 0 Å². The van der Waals surface area contributed by atoms with Crippen LogP contribution in [-0.4, -0.2) is 46.7 Å². The number of aromatic nitrogens is 2. The molecule has 0 aliphatic carbocycles. The zero-order chi connectivity index (χ0) is 23.3. The first kappa shape index (κ1) is 22.5. The molecule has 3 aromatic rings. The third-order valence-corrected chi connectivity index (χ3v) is 6.03. The van der Waals surface area contributed by atoms with Gasteiger partial charge >= 0.3 is 0 Å². The Morgan fingerprint density at radius 3 is 2.64 bits per heavy atom. The maximum Gasteiger partial charge on any atom is 0.294 e. The molecule has 0 saturated carbocycles. The van der Waals surface area contributed by atoms with Crippen LogP contribution in [0.2, 0.25) is 0 Å². The number of nitro groups is 1. The molecule has 0 unspecified atom stereocenters. The van der Waals surface area contributed by atoms with Crippen molar-refractivity contribution in [1.29, 1.82) is 0 Å². The molecule has 0 spiro atoms. The number of nitro benzene ring substituents is 1. The maximum absolute atomic E-state index is 13.0. The summed E-state index contributed by atoms with van der Waals surface area (Å²) in [5, 5.41) is 14.6. The van der Waals surface area contributed by atoms with E-state index in [1.807, 2.05) is 31.2 Å². The summed E-state index contributed by atoms with van der Waals surface area (Å²) in [6, 6.07) is 12.4. The number of benzene rings is 2. The minimum atomic E-state index is -0.494. The van der Waals surface area contributed by atoms with Crippen LogP contribution in [0, 0.1) is 10.1 Å². The Hall–Kier alpha value is -3.72. The lowest BCUT2D eigenvalue weighted by atomic mass is 9.74. The molecule has 0 radical (unpaired) electrons. The van der Waals surface area contributed by atoms with Crippen LogP contribution in [0.3, 0.4) is 0 Å². The van der Waals surface area contributed by atoms with Crippen LogP contribution >= 0.6 is 0 Å². The second kappa shape index (κ2) is 9.83. The molecule has 172 valence electrons. The molecular formula is C24H26N4O5. The third-order valence-electron chi connectivity index (χ3n) is 6.03. The molecule has 9 nitrogen and oxygen atoms in total. The van der Waals surface area contributed by atoms with Gasteiger partial charge in [0.2, 0.25) is 0 Å². The van der Waals surface area contributed by atoms with Gasteiger partial charge in [-0.1, -0.05) is 12.1 Å². The Balaban J connectivity index is 1.54. The lowest BCUT2D eigenvalue weighted by Crippen LogP contribution is -2.44. The molecule has 0 atom stereocenters. The predicted octanol–water partition coefficient (Wildman–Crippen LogP) is 3.66. The Labute approximate surface area is 191 Å². The summed E-state index contributed by atoms with van der Waals surface area (Å²) >= 11 is 0. The highest BCUT2D eigenvalue weighted by atomic mass is 16.6. The highest BCUT2D eigenvalue weighted by Gasteiger charge is 2.35. The molecule has 4 rings (SSSR count). The summed E-state index contributed by atoms with van der Waals surface area (Å²) in [6.45, 7) is 4.15. The fourth-order valence-corrected chi connectivity index (χ4v) is 4.18. The number of hydrogen-bond donors (Lipinski definition) is 1. The van der Waals surface area contributed by atoms with Gasteiger partial charge in [0, 0.05) is 49.2 Å². The zero-order valence-electron chi connectivity index (χ0n) is 18.4. The lowest BCUT2D eigenvalue weighted by molar-refractivity contribution is -0.384. The second-order valence-corrected chi connectivity index (χ2v) is 7.96. The first-order valence-corrected chi connectivity index (χ1v) is 10.9. The van der Waals surface area contributed by atoms with E-state index in [0.29, 0.717) is 32.1 Å². The molecule has 0 bridgehead atoms. The molecule has 33 heavy (non-hydrogen) atoms. The fraction of sp³-hybridized carbons (Fsp3) is 0.333. The minimum absolute atomic E-state index is 0.159. The monoisotopic (exact) mass is 450 g/mol. The Morgan fingerprint density at radius 1 is 1.24 bits per heavy atom. The quantitative estimate of drug-likeness (QED) is 0.414. The molecule has 1 aliphatic heterocycles. The summed E-state index contributed by atoms with van der Waals surface area (Å²) in [5.41, 5.74) is 1.26. The number of nitrogens with zero attached hydrogens (tertiary/aromatic N) is 3. The molecular weight excluding hydrogens is 424 g/mol. The predicted molar refractivity (Wildman–Crippen MR) is 122 cm³/mol. The van der Waals surface area contributed by atoms with Gasteiger partial charge in [-0.15, -0.1) is 0 Å². The van der Waals surface area contributed by atoms with E-state index in [1.54, 1.807) is 29.1 Å². The second-order valence-electron chi connectivity index (χ2n) is 7.96. The molecule has 2 aromatic carbocycles. The van der Waals surface area contributed by atoms with E-state index in [9.17, 15) is 14.9 Å². The van der Waals surface area contributed by atoms with Crippen molar-refractivity contribution in [2.45, 2.75) is 25.2 Å². The number of amides is 1. The van der Waals surface area contributed by atoms with Gasteiger partial charge in [0.05, 0.1) is 17.9 Å². The average molecular weight is 450 g/mol. The van der Waals surface area contributed by atoms with E-state index >= 15 is 0 Å². The van der Waals surface area contributed by atoms with Crippen molar-refractivity contribution in [3.8, 4) is 11.4 Å². The topological polar surface area (TPSA) is 109 Å². The van der Waals surface area contributed by atoms with Crippen molar-refractivity contribution in [2.75, 3.05) is 26.4 Å². The van der Waals surface area contributed by atoms with Crippen molar-refractivity contribution in [1.82, 2.24) is 14.9 Å². The highest BCUT2D eigenvalue weighted by Crippen LogP contribution is 2.35. The van der Waals surface area contributed by atoms with E-state index in [1.165, 1.54) is 12.4 Å². The van der Waals surface area contributed by atoms with Crippen LogP contribution in [0.1, 0.15) is 35.7 Å². The Kier molecular flexibility index (Phi) is 6.69. The molecule has 1 amide bonds. The van der Waals surface area contributed by atoms with Crippen LogP contribution in [0.5, 0.6) is 5.75 Å². The SMILES string of the molecule is CCOc1ccc(C2(CNC(=O)c3ccc(-n4ccnc4)c([N+](=O)[O-])c3)CCOCC2)cc1. The largest absolute Gasteiger partial charge is 0.494 e. The number of carbonyl (C=O) groups is 1. The number of carbonyl (C=O) groups excluding carboxylic acids is 1. The summed E-state index contributed by atoms with van der Waals surface area (Å²) in [7, 11) is 0. The van der Waals surface area contributed by atoms with Gasteiger partial charge in [-0.25, -0.2) is 4.98 Å². The molecule has 1 aliphatic rings. The molecule has 2 heterocycles. The number of hydrogen-bond acceptors (Lipinski definition) is 6. The summed E-state index contributed by atoms with van der Waals surface area (Å²) in [5.74, 6) is 0.449. The van der Waals surface area contributed by atoms with E-state index in [2.05, 4.69) is 10.3 Å². The van der Waals surface area contributed by atoms with Gasteiger partial charge in [0.1, 0.15) is 11.4 Å². The minimum Gasteiger partial charge on any atom is -0.494 e. The van der Waals surface area contributed by atoms with Crippen LogP contribution < -0.4 is 10.1 Å². The van der Waals surface area contributed by atoms with Crippen molar-refractivity contribution in [3.05, 3.63) is 82.4 Å².